The fourth-order valence-electron chi connectivity index (χ4n) is 2.34. The van der Waals surface area contributed by atoms with E-state index < -0.39 is 0 Å². The van der Waals surface area contributed by atoms with Crippen LogP contribution in [0.4, 0.5) is 0 Å². The molecule has 2 aromatic carbocycles. The Labute approximate surface area is 139 Å². The first-order valence-corrected chi connectivity index (χ1v) is 7.69. The van der Waals surface area contributed by atoms with E-state index in [1.807, 2.05) is 55.5 Å². The smallest absolute Gasteiger partial charge is 0.269 e. The zero-order valence-electron chi connectivity index (χ0n) is 12.6. The summed E-state index contributed by atoms with van der Waals surface area (Å²) in [5.74, 6) is -0.202. The van der Waals surface area contributed by atoms with E-state index in [9.17, 15) is 4.79 Å². The van der Waals surface area contributed by atoms with Gasteiger partial charge in [-0.25, -0.2) is 0 Å². The summed E-state index contributed by atoms with van der Waals surface area (Å²) < 4.78 is 0. The van der Waals surface area contributed by atoms with E-state index in [-0.39, 0.29) is 11.9 Å². The van der Waals surface area contributed by atoms with E-state index in [0.29, 0.717) is 16.4 Å². The number of carbonyl (C=O) groups is 1. The minimum absolute atomic E-state index is 0.0873. The Kier molecular flexibility index (Phi) is 4.44. The molecule has 1 aromatic heterocycles. The van der Waals surface area contributed by atoms with Crippen molar-refractivity contribution in [3.8, 4) is 11.3 Å². The Morgan fingerprint density at radius 2 is 1.83 bits per heavy atom. The third-order valence-corrected chi connectivity index (χ3v) is 3.95. The monoisotopic (exact) mass is 325 g/mol. The Hall–Kier alpha value is -2.59. The van der Waals surface area contributed by atoms with Crippen LogP contribution < -0.4 is 5.32 Å². The summed E-state index contributed by atoms with van der Waals surface area (Å²) in [5, 5.41) is 10.5. The molecule has 116 valence electrons. The number of H-pyrrole nitrogens is 1. The van der Waals surface area contributed by atoms with Crippen molar-refractivity contribution in [2.75, 3.05) is 0 Å². The molecule has 0 spiro atoms. The highest BCUT2D eigenvalue weighted by atomic mass is 35.5. The maximum absolute atomic E-state index is 12.3. The standard InChI is InChI=1S/C18H16ClN3O/c1-12(13-7-3-2-4-8-13)20-18(23)17-11-16(21-22-17)14-9-5-6-10-15(14)19/h2-12H,1H3,(H,20,23)(H,21,22)/t12-/m0/s1. The normalized spacial score (nSPS) is 11.9. The van der Waals surface area contributed by atoms with Gasteiger partial charge in [-0.2, -0.15) is 5.10 Å². The Balaban J connectivity index is 1.75. The van der Waals surface area contributed by atoms with Gasteiger partial charge in [0.1, 0.15) is 5.69 Å². The van der Waals surface area contributed by atoms with Crippen molar-refractivity contribution in [3.63, 3.8) is 0 Å². The molecule has 4 nitrogen and oxygen atoms in total. The number of carbonyl (C=O) groups excluding carboxylic acids is 1. The van der Waals surface area contributed by atoms with Crippen LogP contribution in [0.3, 0.4) is 0 Å². The molecule has 0 radical (unpaired) electrons. The van der Waals surface area contributed by atoms with Crippen molar-refractivity contribution in [1.29, 1.82) is 0 Å². The fraction of sp³-hybridized carbons (Fsp3) is 0.111. The van der Waals surface area contributed by atoms with Gasteiger partial charge in [-0.15, -0.1) is 0 Å². The number of aromatic nitrogens is 2. The number of halogens is 1. The minimum Gasteiger partial charge on any atom is -0.344 e. The fourth-order valence-corrected chi connectivity index (χ4v) is 2.58. The highest BCUT2D eigenvalue weighted by Gasteiger charge is 2.15. The Bertz CT molecular complexity index is 814. The van der Waals surface area contributed by atoms with E-state index in [0.717, 1.165) is 11.1 Å². The maximum Gasteiger partial charge on any atom is 0.269 e. The molecule has 0 aliphatic heterocycles. The highest BCUT2D eigenvalue weighted by Crippen LogP contribution is 2.26. The molecule has 0 saturated carbocycles. The molecule has 0 unspecified atom stereocenters. The van der Waals surface area contributed by atoms with Crippen LogP contribution in [0.2, 0.25) is 5.02 Å². The van der Waals surface area contributed by atoms with E-state index in [1.54, 1.807) is 12.1 Å². The van der Waals surface area contributed by atoms with Crippen molar-refractivity contribution in [3.05, 3.63) is 76.9 Å². The van der Waals surface area contributed by atoms with E-state index >= 15 is 0 Å². The van der Waals surface area contributed by atoms with Gasteiger partial charge in [-0.3, -0.25) is 9.89 Å². The third-order valence-electron chi connectivity index (χ3n) is 3.62. The molecule has 1 atom stereocenters. The number of amides is 1. The molecule has 3 aromatic rings. The van der Waals surface area contributed by atoms with Gasteiger partial charge in [0.2, 0.25) is 0 Å². The van der Waals surface area contributed by atoms with Crippen LogP contribution in [0.15, 0.2) is 60.7 Å². The molecular formula is C18H16ClN3O. The lowest BCUT2D eigenvalue weighted by Crippen LogP contribution is -2.26. The van der Waals surface area contributed by atoms with E-state index in [1.165, 1.54) is 0 Å². The van der Waals surface area contributed by atoms with Crippen LogP contribution in [0.5, 0.6) is 0 Å². The molecule has 5 heteroatoms. The first-order valence-electron chi connectivity index (χ1n) is 7.31. The number of nitrogens with one attached hydrogen (secondary N) is 2. The predicted molar refractivity (Wildman–Crippen MR) is 91.4 cm³/mol. The summed E-state index contributed by atoms with van der Waals surface area (Å²) >= 11 is 6.16. The largest absolute Gasteiger partial charge is 0.344 e. The molecule has 1 heterocycles. The van der Waals surface area contributed by atoms with Crippen LogP contribution in [0.25, 0.3) is 11.3 Å². The van der Waals surface area contributed by atoms with Gasteiger partial charge in [-0.05, 0) is 24.6 Å². The Morgan fingerprint density at radius 3 is 2.57 bits per heavy atom. The van der Waals surface area contributed by atoms with Gasteiger partial charge >= 0.3 is 0 Å². The first kappa shape index (κ1) is 15.3. The molecule has 0 fully saturated rings. The van der Waals surface area contributed by atoms with E-state index in [4.69, 9.17) is 11.6 Å². The van der Waals surface area contributed by atoms with E-state index in [2.05, 4.69) is 15.5 Å². The average molecular weight is 326 g/mol. The molecule has 0 aliphatic carbocycles. The van der Waals surface area contributed by atoms with Crippen LogP contribution >= 0.6 is 11.6 Å². The van der Waals surface area contributed by atoms with Crippen LogP contribution in [-0.2, 0) is 0 Å². The van der Waals surface area contributed by atoms with Gasteiger partial charge in [0, 0.05) is 5.56 Å². The number of hydrogen-bond donors (Lipinski definition) is 2. The van der Waals surface area contributed by atoms with Gasteiger partial charge in [0.25, 0.3) is 5.91 Å². The lowest BCUT2D eigenvalue weighted by atomic mass is 10.1. The first-order chi connectivity index (χ1) is 11.1. The number of rotatable bonds is 4. The molecule has 3 rings (SSSR count). The lowest BCUT2D eigenvalue weighted by Gasteiger charge is -2.13. The number of benzene rings is 2. The molecule has 2 N–H and O–H groups in total. The minimum atomic E-state index is -0.202. The van der Waals surface area contributed by atoms with Gasteiger partial charge in [-0.1, -0.05) is 60.1 Å². The molecule has 0 aliphatic rings. The topological polar surface area (TPSA) is 57.8 Å². The van der Waals surface area contributed by atoms with Crippen molar-refractivity contribution >= 4 is 17.5 Å². The summed E-state index contributed by atoms with van der Waals surface area (Å²) in [6, 6.07) is 18.8. The van der Waals surface area contributed by atoms with Gasteiger partial charge in [0.05, 0.1) is 16.8 Å². The third kappa shape index (κ3) is 3.43. The van der Waals surface area contributed by atoms with Crippen LogP contribution in [0.1, 0.15) is 29.0 Å². The molecule has 1 amide bonds. The summed E-state index contributed by atoms with van der Waals surface area (Å²) in [4.78, 5) is 12.3. The van der Waals surface area contributed by atoms with Crippen molar-refractivity contribution in [1.82, 2.24) is 15.5 Å². The number of nitrogens with zero attached hydrogens (tertiary/aromatic N) is 1. The highest BCUT2D eigenvalue weighted by molar-refractivity contribution is 6.33. The second kappa shape index (κ2) is 6.67. The Morgan fingerprint density at radius 1 is 1.13 bits per heavy atom. The average Bonchev–Trinajstić information content (AvgIpc) is 3.06. The SMILES string of the molecule is C[C@H](NC(=O)c1cc(-c2ccccc2Cl)n[nH]1)c1ccccc1. The van der Waals surface area contributed by atoms with Gasteiger partial charge < -0.3 is 5.32 Å². The van der Waals surface area contributed by atoms with Crippen molar-refractivity contribution in [2.24, 2.45) is 0 Å². The van der Waals surface area contributed by atoms with Crippen LogP contribution in [-0.4, -0.2) is 16.1 Å². The molecular weight excluding hydrogens is 310 g/mol. The quantitative estimate of drug-likeness (QED) is 0.754. The number of aromatic amines is 1. The molecule has 23 heavy (non-hydrogen) atoms. The summed E-state index contributed by atoms with van der Waals surface area (Å²) in [5.41, 5.74) is 2.89. The molecule has 0 bridgehead atoms. The van der Waals surface area contributed by atoms with Crippen molar-refractivity contribution in [2.45, 2.75) is 13.0 Å². The predicted octanol–water partition coefficient (Wildman–Crippen LogP) is 4.22. The lowest BCUT2D eigenvalue weighted by molar-refractivity contribution is 0.0935. The summed E-state index contributed by atoms with van der Waals surface area (Å²) in [7, 11) is 0. The van der Waals surface area contributed by atoms with Crippen LogP contribution in [0, 0.1) is 0 Å². The van der Waals surface area contributed by atoms with Gasteiger partial charge in [0.15, 0.2) is 0 Å². The summed E-state index contributed by atoms with van der Waals surface area (Å²) in [6.45, 7) is 1.94. The summed E-state index contributed by atoms with van der Waals surface area (Å²) in [6.07, 6.45) is 0. The second-order valence-electron chi connectivity index (χ2n) is 5.25. The maximum atomic E-state index is 12.3. The molecule has 0 saturated heterocycles. The van der Waals surface area contributed by atoms with Crippen molar-refractivity contribution < 1.29 is 4.79 Å². The number of hydrogen-bond acceptors (Lipinski definition) is 2. The zero-order valence-corrected chi connectivity index (χ0v) is 13.3. The zero-order chi connectivity index (χ0) is 16.2. The second-order valence-corrected chi connectivity index (χ2v) is 5.66.